The maximum Gasteiger partial charge on any atom is 0.213 e. The van der Waals surface area contributed by atoms with Crippen molar-refractivity contribution in [3.05, 3.63) is 36.2 Å². The van der Waals surface area contributed by atoms with Gasteiger partial charge in [0.2, 0.25) is 5.16 Å². The summed E-state index contributed by atoms with van der Waals surface area (Å²) < 4.78 is 0. The van der Waals surface area contributed by atoms with Gasteiger partial charge in [0.25, 0.3) is 0 Å². The number of H-pyrrole nitrogens is 1. The van der Waals surface area contributed by atoms with E-state index in [1.165, 1.54) is 4.90 Å². The molecule has 0 aliphatic rings. The fourth-order valence-electron chi connectivity index (χ4n) is 1.27. The third-order valence-electron chi connectivity index (χ3n) is 1.95. The maximum atomic E-state index is 4.39. The molecule has 0 fully saturated rings. The quantitative estimate of drug-likeness (QED) is 0.859. The zero-order valence-corrected chi connectivity index (χ0v) is 9.42. The van der Waals surface area contributed by atoms with E-state index in [2.05, 4.69) is 34.2 Å². The van der Waals surface area contributed by atoms with Crippen molar-refractivity contribution in [1.82, 2.24) is 15.2 Å². The predicted molar refractivity (Wildman–Crippen MR) is 60.9 cm³/mol. The van der Waals surface area contributed by atoms with E-state index >= 15 is 0 Å². The Kier molecular flexibility index (Phi) is 3.40. The second-order valence-corrected chi connectivity index (χ2v) is 4.27. The highest BCUT2D eigenvalue weighted by Gasteiger charge is 2.03. The van der Waals surface area contributed by atoms with Crippen molar-refractivity contribution in [2.75, 3.05) is 0 Å². The standard InChI is InChI=1S/C11H13N3S/c1-2-6-10-12-11(14-13-10)15-9-7-4-3-5-8-9/h3-5,7-8H,2,6H2,1H3,(H,12,13,14). The van der Waals surface area contributed by atoms with Crippen molar-refractivity contribution in [3.63, 3.8) is 0 Å². The lowest BCUT2D eigenvalue weighted by molar-refractivity contribution is 0.840. The molecule has 0 aliphatic heterocycles. The molecule has 1 N–H and O–H groups in total. The van der Waals surface area contributed by atoms with Gasteiger partial charge in [-0.1, -0.05) is 25.1 Å². The van der Waals surface area contributed by atoms with Crippen molar-refractivity contribution >= 4 is 11.8 Å². The highest BCUT2D eigenvalue weighted by Crippen LogP contribution is 2.23. The average Bonchev–Trinajstić information content (AvgIpc) is 2.68. The molecule has 0 radical (unpaired) electrons. The summed E-state index contributed by atoms with van der Waals surface area (Å²) in [5.41, 5.74) is 0. The summed E-state index contributed by atoms with van der Waals surface area (Å²) in [4.78, 5) is 5.56. The largest absolute Gasteiger partial charge is 0.262 e. The van der Waals surface area contributed by atoms with Gasteiger partial charge in [0, 0.05) is 11.3 Å². The van der Waals surface area contributed by atoms with Crippen LogP contribution in [0.5, 0.6) is 0 Å². The number of rotatable bonds is 4. The van der Waals surface area contributed by atoms with Crippen LogP contribution >= 0.6 is 11.8 Å². The summed E-state index contributed by atoms with van der Waals surface area (Å²) in [6.07, 6.45) is 2.05. The van der Waals surface area contributed by atoms with E-state index in [0.29, 0.717) is 0 Å². The van der Waals surface area contributed by atoms with Gasteiger partial charge in [0.1, 0.15) is 5.82 Å². The maximum absolute atomic E-state index is 4.39. The highest BCUT2D eigenvalue weighted by molar-refractivity contribution is 7.99. The van der Waals surface area contributed by atoms with E-state index in [4.69, 9.17) is 0 Å². The monoisotopic (exact) mass is 219 g/mol. The summed E-state index contributed by atoms with van der Waals surface area (Å²) in [5.74, 6) is 0.968. The molecule has 78 valence electrons. The lowest BCUT2D eigenvalue weighted by Gasteiger charge is -1.94. The number of nitrogens with one attached hydrogen (secondary N) is 1. The fraction of sp³-hybridized carbons (Fsp3) is 0.273. The van der Waals surface area contributed by atoms with Crippen LogP contribution < -0.4 is 0 Å². The van der Waals surface area contributed by atoms with Gasteiger partial charge in [-0.05, 0) is 30.3 Å². The van der Waals surface area contributed by atoms with Gasteiger partial charge in [-0.25, -0.2) is 4.98 Å². The molecule has 0 spiro atoms. The molecule has 0 saturated heterocycles. The third-order valence-corrected chi connectivity index (χ3v) is 2.82. The molecule has 0 saturated carbocycles. The molecule has 3 nitrogen and oxygen atoms in total. The van der Waals surface area contributed by atoms with Gasteiger partial charge >= 0.3 is 0 Å². The van der Waals surface area contributed by atoms with Crippen molar-refractivity contribution < 1.29 is 0 Å². The van der Waals surface area contributed by atoms with Crippen LogP contribution in [0.3, 0.4) is 0 Å². The summed E-state index contributed by atoms with van der Waals surface area (Å²) in [6, 6.07) is 10.1. The van der Waals surface area contributed by atoms with Crippen LogP contribution in [0.1, 0.15) is 19.2 Å². The molecule has 1 aromatic heterocycles. The topological polar surface area (TPSA) is 41.6 Å². The third kappa shape index (κ3) is 2.83. The van der Waals surface area contributed by atoms with Crippen LogP contribution in [0.2, 0.25) is 0 Å². The number of aromatic amines is 1. The first-order valence-corrected chi connectivity index (χ1v) is 5.84. The van der Waals surface area contributed by atoms with Gasteiger partial charge in [-0.15, -0.1) is 5.10 Å². The molecule has 0 unspecified atom stereocenters. The summed E-state index contributed by atoms with van der Waals surface area (Å²) in [7, 11) is 0. The molecular formula is C11H13N3S. The Labute approximate surface area is 93.3 Å². The molecule has 0 amide bonds. The first-order valence-electron chi connectivity index (χ1n) is 5.02. The molecule has 1 aromatic carbocycles. The Morgan fingerprint density at radius 1 is 1.27 bits per heavy atom. The number of aromatic nitrogens is 3. The second-order valence-electron chi connectivity index (χ2n) is 3.23. The molecule has 15 heavy (non-hydrogen) atoms. The minimum atomic E-state index is 0.796. The predicted octanol–water partition coefficient (Wildman–Crippen LogP) is 2.91. The number of hydrogen-bond donors (Lipinski definition) is 1. The van der Waals surface area contributed by atoms with Crippen LogP contribution in [0, 0.1) is 0 Å². The Hall–Kier alpha value is -1.29. The van der Waals surface area contributed by atoms with Crippen LogP contribution in [-0.2, 0) is 6.42 Å². The summed E-state index contributed by atoms with van der Waals surface area (Å²) in [6.45, 7) is 2.13. The Bertz CT molecular complexity index is 411. The van der Waals surface area contributed by atoms with Crippen LogP contribution in [0.15, 0.2) is 40.4 Å². The first kappa shape index (κ1) is 10.2. The molecule has 2 rings (SSSR count). The number of benzene rings is 1. The Morgan fingerprint density at radius 3 is 2.80 bits per heavy atom. The summed E-state index contributed by atoms with van der Waals surface area (Å²) in [5, 5.41) is 7.90. The van der Waals surface area contributed by atoms with E-state index in [1.54, 1.807) is 11.8 Å². The van der Waals surface area contributed by atoms with E-state index < -0.39 is 0 Å². The number of aryl methyl sites for hydroxylation is 1. The smallest absolute Gasteiger partial charge is 0.213 e. The van der Waals surface area contributed by atoms with Crippen molar-refractivity contribution in [2.45, 2.75) is 29.8 Å². The van der Waals surface area contributed by atoms with Crippen molar-refractivity contribution in [3.8, 4) is 0 Å². The molecule has 0 bridgehead atoms. The van der Waals surface area contributed by atoms with Gasteiger partial charge in [-0.2, -0.15) is 0 Å². The lowest BCUT2D eigenvalue weighted by Crippen LogP contribution is -1.84. The minimum absolute atomic E-state index is 0.796. The highest BCUT2D eigenvalue weighted by atomic mass is 32.2. The number of nitrogens with zero attached hydrogens (tertiary/aromatic N) is 2. The van der Waals surface area contributed by atoms with E-state index in [9.17, 15) is 0 Å². The van der Waals surface area contributed by atoms with Gasteiger partial charge in [-0.3, -0.25) is 5.10 Å². The van der Waals surface area contributed by atoms with Crippen LogP contribution in [-0.4, -0.2) is 15.2 Å². The average molecular weight is 219 g/mol. The van der Waals surface area contributed by atoms with E-state index in [0.717, 1.165) is 23.8 Å². The molecular weight excluding hydrogens is 206 g/mol. The normalized spacial score (nSPS) is 10.5. The summed E-state index contributed by atoms with van der Waals surface area (Å²) >= 11 is 1.58. The molecule has 2 aromatic rings. The van der Waals surface area contributed by atoms with E-state index in [1.807, 2.05) is 18.2 Å². The van der Waals surface area contributed by atoms with Crippen molar-refractivity contribution in [2.24, 2.45) is 0 Å². The molecule has 0 atom stereocenters. The second kappa shape index (κ2) is 4.98. The molecule has 1 heterocycles. The number of hydrogen-bond acceptors (Lipinski definition) is 3. The van der Waals surface area contributed by atoms with Gasteiger partial charge in [0.05, 0.1) is 0 Å². The Morgan fingerprint density at radius 2 is 2.07 bits per heavy atom. The van der Waals surface area contributed by atoms with E-state index in [-0.39, 0.29) is 0 Å². The molecule has 4 heteroatoms. The van der Waals surface area contributed by atoms with Crippen molar-refractivity contribution in [1.29, 1.82) is 0 Å². The molecule has 0 aliphatic carbocycles. The first-order chi connectivity index (χ1) is 7.38. The Balaban J connectivity index is 2.05. The van der Waals surface area contributed by atoms with Crippen LogP contribution in [0.4, 0.5) is 0 Å². The SMILES string of the molecule is CCCc1nc(Sc2ccccc2)n[nH]1. The lowest BCUT2D eigenvalue weighted by atomic mass is 10.3. The van der Waals surface area contributed by atoms with Gasteiger partial charge < -0.3 is 0 Å². The fourth-order valence-corrected chi connectivity index (χ4v) is 2.02. The zero-order chi connectivity index (χ0) is 10.5. The van der Waals surface area contributed by atoms with Gasteiger partial charge in [0.15, 0.2) is 0 Å². The zero-order valence-electron chi connectivity index (χ0n) is 8.60. The minimum Gasteiger partial charge on any atom is -0.262 e. The van der Waals surface area contributed by atoms with Crippen LogP contribution in [0.25, 0.3) is 0 Å².